The number of anilines is 3. The van der Waals surface area contributed by atoms with Gasteiger partial charge < -0.3 is 15.3 Å². The Morgan fingerprint density at radius 2 is 1.54 bits per heavy atom. The second-order valence-electron chi connectivity index (χ2n) is 9.29. The fraction of sp³-hybridized carbons (Fsp3) is 0.133. The van der Waals surface area contributed by atoms with Crippen LogP contribution < -0.4 is 14.9 Å². The van der Waals surface area contributed by atoms with Crippen LogP contribution in [0.1, 0.15) is 23.6 Å². The molecule has 3 N–H and O–H groups in total. The molecule has 1 atom stereocenters. The zero-order chi connectivity index (χ0) is 27.8. The van der Waals surface area contributed by atoms with E-state index in [0.717, 1.165) is 5.56 Å². The predicted molar refractivity (Wildman–Crippen MR) is 150 cm³/mol. The number of carbonyl (C=O) groups excluding carboxylic acids is 2. The van der Waals surface area contributed by atoms with E-state index in [2.05, 4.69) is 10.0 Å². The van der Waals surface area contributed by atoms with Crippen LogP contribution in [0.5, 0.6) is 5.75 Å². The van der Waals surface area contributed by atoms with Crippen LogP contribution in [0.2, 0.25) is 0 Å². The van der Waals surface area contributed by atoms with Crippen LogP contribution in [-0.4, -0.2) is 31.9 Å². The molecule has 0 bridgehead atoms. The van der Waals surface area contributed by atoms with Gasteiger partial charge in [-0.3, -0.25) is 14.3 Å². The third-order valence-corrected chi connectivity index (χ3v) is 8.23. The molecule has 39 heavy (non-hydrogen) atoms. The average Bonchev–Trinajstić information content (AvgIpc) is 3.18. The van der Waals surface area contributed by atoms with Crippen LogP contribution in [0.25, 0.3) is 0 Å². The van der Waals surface area contributed by atoms with Crippen molar-refractivity contribution in [2.24, 2.45) is 0 Å². The van der Waals surface area contributed by atoms with E-state index in [9.17, 15) is 23.1 Å². The second-order valence-corrected chi connectivity index (χ2v) is 11.0. The summed E-state index contributed by atoms with van der Waals surface area (Å²) in [5.41, 5.74) is 0.392. The number of nitrogens with one attached hydrogen (secondary N) is 2. The highest BCUT2D eigenvalue weighted by molar-refractivity contribution is 7.92. The fourth-order valence-corrected chi connectivity index (χ4v) is 6.00. The van der Waals surface area contributed by atoms with Crippen molar-refractivity contribution >= 4 is 38.9 Å². The molecule has 4 aromatic carbocycles. The zero-order valence-electron chi connectivity index (χ0n) is 21.4. The van der Waals surface area contributed by atoms with Crippen LogP contribution in [0.4, 0.5) is 17.1 Å². The summed E-state index contributed by atoms with van der Waals surface area (Å²) in [5, 5.41) is 13.9. The highest BCUT2D eigenvalue weighted by Crippen LogP contribution is 2.49. The van der Waals surface area contributed by atoms with Crippen molar-refractivity contribution < 1.29 is 23.1 Å². The summed E-state index contributed by atoms with van der Waals surface area (Å²) in [7, 11) is -3.99. The van der Waals surface area contributed by atoms with Gasteiger partial charge in [-0.15, -0.1) is 0 Å². The lowest BCUT2D eigenvalue weighted by molar-refractivity contribution is -0.130. The number of aryl methyl sites for hydroxylation is 1. The highest BCUT2D eigenvalue weighted by Gasteiger charge is 2.58. The van der Waals surface area contributed by atoms with Crippen molar-refractivity contribution in [2.45, 2.75) is 24.2 Å². The zero-order valence-corrected chi connectivity index (χ0v) is 22.2. The molecule has 0 aromatic heterocycles. The molecule has 0 saturated heterocycles. The average molecular weight is 542 g/mol. The summed E-state index contributed by atoms with van der Waals surface area (Å²) in [6, 6.07) is 26.0. The fourth-order valence-electron chi connectivity index (χ4n) is 4.95. The third-order valence-electron chi connectivity index (χ3n) is 6.84. The van der Waals surface area contributed by atoms with E-state index in [1.54, 1.807) is 73.7 Å². The maximum absolute atomic E-state index is 14.2. The van der Waals surface area contributed by atoms with Gasteiger partial charge in [-0.25, -0.2) is 8.42 Å². The van der Waals surface area contributed by atoms with Crippen LogP contribution in [0, 0.1) is 6.92 Å². The molecule has 1 aliphatic rings. The SMILES string of the molecule is CCN1C(=O)[C@](C(=O)Nc2ccccc2)(c2cc(NS(=O)(=O)c3ccc(C)cc3)ccc2O)c2ccccc21. The summed E-state index contributed by atoms with van der Waals surface area (Å²) in [6.07, 6.45) is 0. The number of hydrogen-bond donors (Lipinski definition) is 3. The molecular formula is C30H27N3O5S. The Labute approximate surface area is 227 Å². The molecule has 9 heteroatoms. The van der Waals surface area contributed by atoms with Gasteiger partial charge >= 0.3 is 0 Å². The normalized spacial score (nSPS) is 16.6. The number of carbonyl (C=O) groups is 2. The van der Waals surface area contributed by atoms with E-state index < -0.39 is 27.3 Å². The molecule has 0 spiro atoms. The predicted octanol–water partition coefficient (Wildman–Crippen LogP) is 4.79. The molecule has 2 amide bonds. The van der Waals surface area contributed by atoms with Crippen molar-refractivity contribution in [1.82, 2.24) is 0 Å². The van der Waals surface area contributed by atoms with E-state index in [1.165, 1.54) is 35.2 Å². The van der Waals surface area contributed by atoms with Gasteiger partial charge in [0.05, 0.1) is 4.90 Å². The topological polar surface area (TPSA) is 116 Å². The third kappa shape index (κ3) is 4.40. The lowest BCUT2D eigenvalue weighted by Gasteiger charge is -2.29. The number of hydrogen-bond acceptors (Lipinski definition) is 5. The van der Waals surface area contributed by atoms with Crippen molar-refractivity contribution in [2.75, 3.05) is 21.5 Å². The Kier molecular flexibility index (Phi) is 6.61. The molecular weight excluding hydrogens is 514 g/mol. The summed E-state index contributed by atoms with van der Waals surface area (Å²) in [5.74, 6) is -1.54. The quantitative estimate of drug-likeness (QED) is 0.230. The molecule has 0 fully saturated rings. The minimum Gasteiger partial charge on any atom is -0.508 e. The van der Waals surface area contributed by atoms with E-state index in [0.29, 0.717) is 16.9 Å². The minimum atomic E-state index is -3.99. The summed E-state index contributed by atoms with van der Waals surface area (Å²) in [4.78, 5) is 29.9. The molecule has 0 unspecified atom stereocenters. The maximum atomic E-state index is 14.2. The molecule has 5 rings (SSSR count). The van der Waals surface area contributed by atoms with Gasteiger partial charge in [-0.2, -0.15) is 0 Å². The maximum Gasteiger partial charge on any atom is 0.261 e. The van der Waals surface area contributed by atoms with Gasteiger partial charge in [0.1, 0.15) is 5.75 Å². The van der Waals surface area contributed by atoms with Gasteiger partial charge in [-0.05, 0) is 62.4 Å². The lowest BCUT2D eigenvalue weighted by Crippen LogP contribution is -2.50. The Morgan fingerprint density at radius 1 is 0.872 bits per heavy atom. The van der Waals surface area contributed by atoms with Crippen LogP contribution in [0.15, 0.2) is 102 Å². The van der Waals surface area contributed by atoms with Crippen molar-refractivity contribution in [3.63, 3.8) is 0 Å². The number of rotatable bonds is 7. The van der Waals surface area contributed by atoms with E-state index in [-0.39, 0.29) is 28.4 Å². The van der Waals surface area contributed by atoms with E-state index >= 15 is 0 Å². The first-order valence-electron chi connectivity index (χ1n) is 12.4. The Balaban J connectivity index is 1.68. The highest BCUT2D eigenvalue weighted by atomic mass is 32.2. The van der Waals surface area contributed by atoms with Crippen LogP contribution in [-0.2, 0) is 25.0 Å². The molecule has 1 aliphatic heterocycles. The first-order chi connectivity index (χ1) is 18.7. The van der Waals surface area contributed by atoms with Crippen LogP contribution >= 0.6 is 0 Å². The van der Waals surface area contributed by atoms with Crippen LogP contribution in [0.3, 0.4) is 0 Å². The Hall–Kier alpha value is -4.63. The van der Waals surface area contributed by atoms with E-state index in [1.807, 2.05) is 6.92 Å². The molecule has 1 heterocycles. The van der Waals surface area contributed by atoms with Gasteiger partial charge in [0.15, 0.2) is 5.41 Å². The first-order valence-corrected chi connectivity index (χ1v) is 13.9. The summed E-state index contributed by atoms with van der Waals surface area (Å²) >= 11 is 0. The number of sulfonamides is 1. The monoisotopic (exact) mass is 541 g/mol. The number of nitrogens with zero attached hydrogens (tertiary/aromatic N) is 1. The molecule has 198 valence electrons. The largest absolute Gasteiger partial charge is 0.508 e. The molecule has 0 aliphatic carbocycles. The Morgan fingerprint density at radius 3 is 2.23 bits per heavy atom. The van der Waals surface area contributed by atoms with Gasteiger partial charge in [0.2, 0.25) is 5.91 Å². The standard InChI is InChI=1S/C30H27N3O5S/c1-3-33-26-12-8-7-11-24(26)30(29(33)36,28(35)31-21-9-5-4-6-10-21)25-19-22(15-18-27(25)34)32-39(37,38)23-16-13-20(2)14-17-23/h4-19,32,34H,3H2,1-2H3,(H,31,35)/t30-/m0/s1. The van der Waals surface area contributed by atoms with Crippen molar-refractivity contribution in [3.8, 4) is 5.75 Å². The molecule has 4 aromatic rings. The van der Waals surface area contributed by atoms with Gasteiger partial charge in [-0.1, -0.05) is 54.1 Å². The summed E-state index contributed by atoms with van der Waals surface area (Å²) in [6.45, 7) is 3.94. The molecule has 8 nitrogen and oxygen atoms in total. The Bertz CT molecular complexity index is 1670. The van der Waals surface area contributed by atoms with Gasteiger partial charge in [0.25, 0.3) is 15.9 Å². The van der Waals surface area contributed by atoms with E-state index in [4.69, 9.17) is 0 Å². The number of likely N-dealkylation sites (N-methyl/N-ethyl adjacent to an activating group) is 1. The van der Waals surface area contributed by atoms with Gasteiger partial charge in [0, 0.05) is 34.7 Å². The smallest absolute Gasteiger partial charge is 0.261 e. The molecule has 0 saturated carbocycles. The first kappa shape index (κ1) is 26.0. The number of phenolic OH excluding ortho intramolecular Hbond substituents is 1. The summed E-state index contributed by atoms with van der Waals surface area (Å²) < 4.78 is 28.8. The number of fused-ring (bicyclic) bond motifs is 1. The second kappa shape index (κ2) is 9.92. The van der Waals surface area contributed by atoms with Crippen molar-refractivity contribution in [3.05, 3.63) is 114 Å². The number of aromatic hydroxyl groups is 1. The minimum absolute atomic E-state index is 0.0339. The number of benzene rings is 4. The molecule has 0 radical (unpaired) electrons. The number of phenols is 1. The number of amides is 2. The van der Waals surface area contributed by atoms with Crippen molar-refractivity contribution in [1.29, 1.82) is 0 Å². The number of para-hydroxylation sites is 2. The lowest BCUT2D eigenvalue weighted by atomic mass is 9.73.